The summed E-state index contributed by atoms with van der Waals surface area (Å²) in [5, 5.41) is 4.43. The summed E-state index contributed by atoms with van der Waals surface area (Å²) >= 11 is 0. The third-order valence-corrected chi connectivity index (χ3v) is 3.94. The topological polar surface area (TPSA) is 45.5 Å². The Balaban J connectivity index is 2.15. The summed E-state index contributed by atoms with van der Waals surface area (Å²) in [6.45, 7) is 7.18. The van der Waals surface area contributed by atoms with Crippen molar-refractivity contribution in [1.82, 2.24) is 10.2 Å². The summed E-state index contributed by atoms with van der Waals surface area (Å²) in [6.07, 6.45) is 0.918. The highest BCUT2D eigenvalue weighted by molar-refractivity contribution is 5.82. The molecule has 2 rings (SSSR count). The number of carbonyl (C=O) groups excluding carboxylic acids is 1. The van der Waals surface area contributed by atoms with Gasteiger partial charge in [-0.15, -0.1) is 0 Å². The van der Waals surface area contributed by atoms with Gasteiger partial charge in [0.25, 0.3) is 0 Å². The largest absolute Gasteiger partial charge is 0.459 e. The van der Waals surface area contributed by atoms with Gasteiger partial charge in [-0.25, -0.2) is 0 Å². The fourth-order valence-electron chi connectivity index (χ4n) is 2.48. The average molecular weight is 288 g/mol. The zero-order valence-corrected chi connectivity index (χ0v) is 13.3. The lowest BCUT2D eigenvalue weighted by atomic mass is 10.1. The molecule has 0 aliphatic carbocycles. The number of furan rings is 1. The normalized spacial score (nSPS) is 12.6. The Morgan fingerprint density at radius 2 is 2.05 bits per heavy atom. The minimum atomic E-state index is 0.0153. The van der Waals surface area contributed by atoms with Crippen LogP contribution in [0.2, 0.25) is 0 Å². The quantitative estimate of drug-likeness (QED) is 0.888. The lowest BCUT2D eigenvalue weighted by molar-refractivity contribution is -0.128. The maximum Gasteiger partial charge on any atom is 0.236 e. The first-order chi connectivity index (χ1) is 10.1. The fraction of sp³-hybridized carbons (Fsp3) is 0.471. The molecule has 1 amide bonds. The summed E-state index contributed by atoms with van der Waals surface area (Å²) in [4.78, 5) is 13.6. The van der Waals surface area contributed by atoms with E-state index in [0.717, 1.165) is 24.3 Å². The molecule has 4 heteroatoms. The second-order valence-corrected chi connectivity index (χ2v) is 5.31. The van der Waals surface area contributed by atoms with Gasteiger partial charge in [-0.3, -0.25) is 10.1 Å². The van der Waals surface area contributed by atoms with E-state index in [9.17, 15) is 4.79 Å². The number of nitrogens with one attached hydrogen (secondary N) is 1. The van der Waals surface area contributed by atoms with Crippen LogP contribution in [0, 0.1) is 0 Å². The Morgan fingerprint density at radius 3 is 2.71 bits per heavy atom. The summed E-state index contributed by atoms with van der Waals surface area (Å²) in [6, 6.07) is 8.09. The summed E-state index contributed by atoms with van der Waals surface area (Å²) in [5.41, 5.74) is 2.14. The minimum Gasteiger partial charge on any atom is -0.459 e. The van der Waals surface area contributed by atoms with Crippen LogP contribution in [-0.2, 0) is 11.2 Å². The van der Waals surface area contributed by atoms with Crippen LogP contribution in [0.5, 0.6) is 0 Å². The van der Waals surface area contributed by atoms with Gasteiger partial charge >= 0.3 is 0 Å². The molecule has 4 nitrogen and oxygen atoms in total. The molecule has 1 unspecified atom stereocenters. The Bertz CT molecular complexity index is 618. The molecule has 1 heterocycles. The van der Waals surface area contributed by atoms with E-state index in [0.29, 0.717) is 6.54 Å². The molecule has 0 aliphatic rings. The predicted octanol–water partition coefficient (Wildman–Crippen LogP) is 3.12. The van der Waals surface area contributed by atoms with E-state index in [1.165, 1.54) is 10.9 Å². The predicted molar refractivity (Wildman–Crippen MR) is 85.3 cm³/mol. The molecule has 2 aromatic rings. The number of hydrogen-bond donors (Lipinski definition) is 1. The van der Waals surface area contributed by atoms with Crippen molar-refractivity contribution in [3.8, 4) is 0 Å². The van der Waals surface area contributed by atoms with E-state index in [4.69, 9.17) is 4.42 Å². The first kappa shape index (κ1) is 15.6. The van der Waals surface area contributed by atoms with E-state index in [2.05, 4.69) is 18.3 Å². The number of benzene rings is 1. The molecule has 0 spiro atoms. The SMILES string of the molecule is CCc1c(C(C)NCC(=O)N(C)CC)oc2ccccc12. The van der Waals surface area contributed by atoms with Crippen molar-refractivity contribution in [2.24, 2.45) is 0 Å². The number of likely N-dealkylation sites (N-methyl/N-ethyl adjacent to an activating group) is 1. The monoisotopic (exact) mass is 288 g/mol. The van der Waals surface area contributed by atoms with Crippen LogP contribution >= 0.6 is 0 Å². The van der Waals surface area contributed by atoms with Gasteiger partial charge in [-0.1, -0.05) is 25.1 Å². The van der Waals surface area contributed by atoms with Crippen LogP contribution < -0.4 is 5.32 Å². The molecule has 1 atom stereocenters. The number of fused-ring (bicyclic) bond motifs is 1. The number of aryl methyl sites for hydroxylation is 1. The molecule has 114 valence electrons. The maximum atomic E-state index is 11.9. The third kappa shape index (κ3) is 3.27. The average Bonchev–Trinajstić information content (AvgIpc) is 2.89. The third-order valence-electron chi connectivity index (χ3n) is 3.94. The maximum absolute atomic E-state index is 11.9. The number of hydrogen-bond acceptors (Lipinski definition) is 3. The van der Waals surface area contributed by atoms with Crippen molar-refractivity contribution in [2.75, 3.05) is 20.1 Å². The first-order valence-corrected chi connectivity index (χ1v) is 7.56. The molecular formula is C17H24N2O2. The van der Waals surface area contributed by atoms with Crippen LogP contribution in [-0.4, -0.2) is 30.9 Å². The number of amides is 1. The zero-order valence-electron chi connectivity index (χ0n) is 13.3. The number of rotatable bonds is 6. The zero-order chi connectivity index (χ0) is 15.4. The Hall–Kier alpha value is -1.81. The molecular weight excluding hydrogens is 264 g/mol. The lowest BCUT2D eigenvalue weighted by Gasteiger charge is -2.17. The van der Waals surface area contributed by atoms with Crippen molar-refractivity contribution in [2.45, 2.75) is 33.2 Å². The van der Waals surface area contributed by atoms with Gasteiger partial charge in [0.1, 0.15) is 11.3 Å². The highest BCUT2D eigenvalue weighted by atomic mass is 16.3. The van der Waals surface area contributed by atoms with E-state index in [-0.39, 0.29) is 11.9 Å². The Labute approximate surface area is 126 Å². The highest BCUT2D eigenvalue weighted by Crippen LogP contribution is 2.30. The van der Waals surface area contributed by atoms with Crippen molar-refractivity contribution in [3.05, 3.63) is 35.6 Å². The summed E-state index contributed by atoms with van der Waals surface area (Å²) in [5.74, 6) is 1.03. The molecule has 1 aromatic carbocycles. The summed E-state index contributed by atoms with van der Waals surface area (Å²) in [7, 11) is 1.81. The minimum absolute atomic E-state index is 0.0153. The van der Waals surface area contributed by atoms with Gasteiger partial charge in [-0.2, -0.15) is 0 Å². The second kappa shape index (κ2) is 6.76. The first-order valence-electron chi connectivity index (χ1n) is 7.56. The standard InChI is InChI=1S/C17H24N2O2/c1-5-13-14-9-7-8-10-15(14)21-17(13)12(3)18-11-16(20)19(4)6-2/h7-10,12,18H,5-6,11H2,1-4H3. The van der Waals surface area contributed by atoms with Crippen molar-refractivity contribution >= 4 is 16.9 Å². The molecule has 0 fully saturated rings. The molecule has 1 N–H and O–H groups in total. The number of nitrogens with zero attached hydrogens (tertiary/aromatic N) is 1. The second-order valence-electron chi connectivity index (χ2n) is 5.31. The Morgan fingerprint density at radius 1 is 1.33 bits per heavy atom. The van der Waals surface area contributed by atoms with Gasteiger partial charge in [0.05, 0.1) is 12.6 Å². The lowest BCUT2D eigenvalue weighted by Crippen LogP contribution is -2.36. The van der Waals surface area contributed by atoms with Gasteiger partial charge in [-0.05, 0) is 26.3 Å². The highest BCUT2D eigenvalue weighted by Gasteiger charge is 2.19. The summed E-state index contributed by atoms with van der Waals surface area (Å²) < 4.78 is 5.98. The van der Waals surface area contributed by atoms with Crippen LogP contribution in [0.3, 0.4) is 0 Å². The van der Waals surface area contributed by atoms with Gasteiger partial charge in [0, 0.05) is 24.5 Å². The van der Waals surface area contributed by atoms with Crippen LogP contribution in [0.25, 0.3) is 11.0 Å². The van der Waals surface area contributed by atoms with Gasteiger partial charge < -0.3 is 9.32 Å². The number of para-hydroxylation sites is 1. The van der Waals surface area contributed by atoms with E-state index in [1.807, 2.05) is 39.1 Å². The van der Waals surface area contributed by atoms with Gasteiger partial charge in [0.15, 0.2) is 0 Å². The molecule has 0 radical (unpaired) electrons. The van der Waals surface area contributed by atoms with Crippen molar-refractivity contribution in [3.63, 3.8) is 0 Å². The molecule has 0 saturated carbocycles. The van der Waals surface area contributed by atoms with Crippen LogP contribution in [0.1, 0.15) is 38.1 Å². The Kier molecular flexibility index (Phi) is 5.02. The van der Waals surface area contributed by atoms with Crippen LogP contribution in [0.15, 0.2) is 28.7 Å². The van der Waals surface area contributed by atoms with E-state index in [1.54, 1.807) is 4.90 Å². The molecule has 1 aromatic heterocycles. The molecule has 21 heavy (non-hydrogen) atoms. The smallest absolute Gasteiger partial charge is 0.236 e. The number of carbonyl (C=O) groups is 1. The molecule has 0 bridgehead atoms. The molecule has 0 aliphatic heterocycles. The fourth-order valence-corrected chi connectivity index (χ4v) is 2.48. The van der Waals surface area contributed by atoms with Crippen molar-refractivity contribution in [1.29, 1.82) is 0 Å². The van der Waals surface area contributed by atoms with Crippen molar-refractivity contribution < 1.29 is 9.21 Å². The van der Waals surface area contributed by atoms with Gasteiger partial charge in [0.2, 0.25) is 5.91 Å². The van der Waals surface area contributed by atoms with E-state index >= 15 is 0 Å². The van der Waals surface area contributed by atoms with Crippen LogP contribution in [0.4, 0.5) is 0 Å². The van der Waals surface area contributed by atoms with E-state index < -0.39 is 0 Å². The molecule has 0 saturated heterocycles.